The SMILES string of the molecule is CC(C)[S+]1c2ccc3c(c2S[B-]1(Br)Br)SB(Br)S3. The van der Waals surface area contributed by atoms with Crippen LogP contribution in [0.15, 0.2) is 31.7 Å². The van der Waals surface area contributed by atoms with Gasteiger partial charge in [0.05, 0.1) is 5.25 Å². The fourth-order valence-corrected chi connectivity index (χ4v) is 15.6. The Morgan fingerprint density at radius 2 is 1.94 bits per heavy atom. The molecule has 18 heavy (non-hydrogen) atoms. The molecular weight excluding hydrogens is 498 g/mol. The summed E-state index contributed by atoms with van der Waals surface area (Å²) in [5.41, 5.74) is 0. The first kappa shape index (κ1) is 15.1. The summed E-state index contributed by atoms with van der Waals surface area (Å²) in [6.45, 7) is 4.64. The molecule has 1 atom stereocenters. The van der Waals surface area contributed by atoms with E-state index in [2.05, 4.69) is 73.3 Å². The Labute approximate surface area is 148 Å². The normalized spacial score (nSPS) is 24.6. The van der Waals surface area contributed by atoms with E-state index >= 15 is 0 Å². The van der Waals surface area contributed by atoms with E-state index in [1.807, 2.05) is 34.8 Å². The van der Waals surface area contributed by atoms with E-state index in [0.29, 0.717) is 9.34 Å². The van der Waals surface area contributed by atoms with Crippen LogP contribution in [0, 0.1) is 0 Å². The fraction of sp³-hybridized carbons (Fsp3) is 0.333. The zero-order chi connectivity index (χ0) is 13.1. The van der Waals surface area contributed by atoms with Crippen LogP contribution in [0.2, 0.25) is 0 Å². The van der Waals surface area contributed by atoms with Crippen molar-refractivity contribution in [3.8, 4) is 0 Å². The molecule has 0 N–H and O–H groups in total. The van der Waals surface area contributed by atoms with Crippen LogP contribution in [0.5, 0.6) is 0 Å². The summed E-state index contributed by atoms with van der Waals surface area (Å²) in [4.78, 5) is 5.94. The summed E-state index contributed by atoms with van der Waals surface area (Å²) in [7, 11) is 0.253. The van der Waals surface area contributed by atoms with E-state index in [-0.39, 0.29) is 10.7 Å². The second-order valence-corrected chi connectivity index (χ2v) is 19.9. The molecule has 2 heterocycles. The highest BCUT2D eigenvalue weighted by Gasteiger charge is 2.50. The van der Waals surface area contributed by atoms with Crippen LogP contribution in [0.4, 0.5) is 0 Å². The number of hydrogen-bond donors (Lipinski definition) is 0. The van der Waals surface area contributed by atoms with Crippen molar-refractivity contribution in [1.82, 2.24) is 0 Å². The Balaban J connectivity index is 2.12. The Bertz CT molecular complexity index is 511. The van der Waals surface area contributed by atoms with Crippen LogP contribution in [0.3, 0.4) is 0 Å². The Hall–Kier alpha value is 2.19. The molecule has 0 radical (unpaired) electrons. The van der Waals surface area contributed by atoms with Crippen molar-refractivity contribution in [2.75, 3.05) is 0 Å². The summed E-state index contributed by atoms with van der Waals surface area (Å²) in [6, 6.07) is 4.64. The van der Waals surface area contributed by atoms with Crippen LogP contribution in [0.25, 0.3) is 0 Å². The van der Waals surface area contributed by atoms with Gasteiger partial charge in [-0.05, 0) is 26.0 Å². The summed E-state index contributed by atoms with van der Waals surface area (Å²) in [5.74, 6) is 0. The molecule has 2 aliphatic rings. The highest BCUT2D eigenvalue weighted by molar-refractivity contribution is 9.64. The minimum Gasteiger partial charge on any atom is -0.257 e. The van der Waals surface area contributed by atoms with Gasteiger partial charge >= 0.3 is 6.44 Å². The molecule has 1 aromatic carbocycles. The summed E-state index contributed by atoms with van der Waals surface area (Å²) in [6.07, 6.45) is 0. The smallest absolute Gasteiger partial charge is 0.257 e. The Kier molecular flexibility index (Phi) is 4.56. The van der Waals surface area contributed by atoms with Gasteiger partial charge in [-0.15, -0.1) is 49.7 Å². The molecule has 1 unspecified atom stereocenters. The zero-order valence-electron chi connectivity index (χ0n) is 9.65. The quantitative estimate of drug-likeness (QED) is 0.340. The molecule has 0 saturated heterocycles. The van der Waals surface area contributed by atoms with Crippen LogP contribution < -0.4 is 0 Å². The van der Waals surface area contributed by atoms with Gasteiger partial charge in [0.15, 0.2) is 0 Å². The molecule has 0 aromatic heterocycles. The first-order chi connectivity index (χ1) is 8.40. The first-order valence-corrected chi connectivity index (χ1v) is 12.2. The second kappa shape index (κ2) is 5.43. The summed E-state index contributed by atoms with van der Waals surface area (Å²) < 4.78 is -0.255. The van der Waals surface area contributed by atoms with E-state index < -0.39 is 2.35 Å². The predicted molar refractivity (Wildman–Crippen MR) is 103 cm³/mol. The molecule has 0 aliphatic carbocycles. The number of benzene rings is 1. The maximum Gasteiger partial charge on any atom is 0.406 e. The average Bonchev–Trinajstić information content (AvgIpc) is 2.72. The zero-order valence-corrected chi connectivity index (χ0v) is 17.7. The molecule has 1 aromatic rings. The van der Waals surface area contributed by atoms with Crippen molar-refractivity contribution in [1.29, 1.82) is 0 Å². The molecule has 9 heteroatoms. The number of halogens is 3. The Morgan fingerprint density at radius 1 is 1.22 bits per heavy atom. The van der Waals surface area contributed by atoms with E-state index in [4.69, 9.17) is 0 Å². The minimum absolute atomic E-state index is 0.253. The van der Waals surface area contributed by atoms with Crippen molar-refractivity contribution in [3.63, 3.8) is 0 Å². The summed E-state index contributed by atoms with van der Waals surface area (Å²) in [5, 5.41) is 0.661. The predicted octanol–water partition coefficient (Wildman–Crippen LogP) is 5.98. The standard InChI is InChI=1S/C9H9B2Br3S4/c1-5(2)18-7-4-3-6-8(16-10(12)15-6)9(7)17-11(18,13)14/h3-5H,1-2H3. The van der Waals surface area contributed by atoms with E-state index in [9.17, 15) is 0 Å². The highest BCUT2D eigenvalue weighted by atomic mass is 79.9. The lowest BCUT2D eigenvalue weighted by Gasteiger charge is -2.24. The van der Waals surface area contributed by atoms with Crippen molar-refractivity contribution in [2.24, 2.45) is 0 Å². The molecule has 0 bridgehead atoms. The second-order valence-electron chi connectivity index (χ2n) is 4.30. The molecular formula is C9H9B2Br3S4. The molecule has 0 nitrogen and oxygen atoms in total. The van der Waals surface area contributed by atoms with Gasteiger partial charge in [0, 0.05) is 14.7 Å². The number of rotatable bonds is 1. The lowest BCUT2D eigenvalue weighted by molar-refractivity contribution is 1.03. The van der Waals surface area contributed by atoms with E-state index in [1.165, 1.54) is 19.6 Å². The third-order valence-electron chi connectivity index (χ3n) is 2.78. The topological polar surface area (TPSA) is 0 Å². The third-order valence-corrected chi connectivity index (χ3v) is 14.3. The van der Waals surface area contributed by atoms with Gasteiger partial charge in [0.1, 0.15) is 4.90 Å². The number of hydrogen-bond acceptors (Lipinski definition) is 3. The molecule has 0 spiro atoms. The average molecular weight is 507 g/mol. The Morgan fingerprint density at radius 3 is 2.61 bits per heavy atom. The van der Waals surface area contributed by atoms with Gasteiger partial charge in [0.25, 0.3) is 0 Å². The maximum absolute atomic E-state index is 3.94. The molecule has 0 amide bonds. The lowest BCUT2D eigenvalue weighted by atomic mass is 10.3. The highest BCUT2D eigenvalue weighted by Crippen LogP contribution is 2.62. The van der Waals surface area contributed by atoms with Gasteiger partial charge in [0.2, 0.25) is 0 Å². The van der Waals surface area contributed by atoms with Gasteiger partial charge < -0.3 is 0 Å². The molecule has 96 valence electrons. The van der Waals surface area contributed by atoms with Crippen LogP contribution in [-0.2, 0) is 10.7 Å². The summed E-state index contributed by atoms with van der Waals surface area (Å²) >= 11 is 17.4. The molecule has 2 aliphatic heterocycles. The van der Waals surface area contributed by atoms with Crippen LogP contribution >= 0.6 is 82.1 Å². The van der Waals surface area contributed by atoms with Gasteiger partial charge in [-0.1, -0.05) is 0 Å². The fourth-order valence-electron chi connectivity index (χ4n) is 2.15. The van der Waals surface area contributed by atoms with Crippen molar-refractivity contribution >= 4 is 99.3 Å². The van der Waals surface area contributed by atoms with E-state index in [1.54, 1.807) is 0 Å². The number of fused-ring (bicyclic) bond motifs is 3. The van der Waals surface area contributed by atoms with Crippen LogP contribution in [-0.4, -0.2) is 11.7 Å². The first-order valence-electron chi connectivity index (χ1n) is 5.47. The maximum atomic E-state index is 3.94. The molecule has 3 rings (SSSR count). The van der Waals surface area contributed by atoms with Gasteiger partial charge in [-0.2, -0.15) is 0 Å². The van der Waals surface area contributed by atoms with E-state index in [0.717, 1.165) is 0 Å². The van der Waals surface area contributed by atoms with Crippen LogP contribution in [0.1, 0.15) is 13.8 Å². The van der Waals surface area contributed by atoms with Crippen molar-refractivity contribution in [2.45, 2.75) is 38.7 Å². The lowest BCUT2D eigenvalue weighted by Crippen LogP contribution is -2.30. The molecule has 0 fully saturated rings. The monoisotopic (exact) mass is 504 g/mol. The van der Waals surface area contributed by atoms with Crippen molar-refractivity contribution in [3.05, 3.63) is 12.1 Å². The third kappa shape index (κ3) is 2.52. The van der Waals surface area contributed by atoms with Crippen molar-refractivity contribution < 1.29 is 0 Å². The van der Waals surface area contributed by atoms with Gasteiger partial charge in [-0.3, -0.25) is 31.5 Å². The van der Waals surface area contributed by atoms with Gasteiger partial charge in [-0.25, -0.2) is 11.6 Å². The molecule has 0 saturated carbocycles. The largest absolute Gasteiger partial charge is 0.406 e. The minimum atomic E-state index is -0.721.